The summed E-state index contributed by atoms with van der Waals surface area (Å²) in [5.41, 5.74) is 4.92. The number of nitrogens with one attached hydrogen (secondary N) is 1. The number of aromatic nitrogens is 8. The molecule has 0 fully saturated rings. The number of hydrogen-bond acceptors (Lipinski definition) is 7. The molecule has 0 unspecified atom stereocenters. The minimum Gasteiger partial charge on any atom is -0.283 e. The second kappa shape index (κ2) is 6.44. The number of aryl methyl sites for hydroxylation is 2. The molecule has 1 N–H and O–H groups in total. The molecule has 4 aromatic heterocycles. The Bertz CT molecular complexity index is 1500. The summed E-state index contributed by atoms with van der Waals surface area (Å²) in [6.45, 7) is 5.49. The molecule has 0 aliphatic carbocycles. The third-order valence-corrected chi connectivity index (χ3v) is 5.12. The Morgan fingerprint density at radius 2 is 1.70 bits per heavy atom. The summed E-state index contributed by atoms with van der Waals surface area (Å²) < 4.78 is 4.89. The fourth-order valence-electron chi connectivity index (χ4n) is 3.41. The van der Waals surface area contributed by atoms with Crippen LogP contribution in [0.5, 0.6) is 0 Å². The van der Waals surface area contributed by atoms with Crippen molar-refractivity contribution < 1.29 is 0 Å². The van der Waals surface area contributed by atoms with Crippen molar-refractivity contribution in [2.75, 3.05) is 0 Å². The largest absolute Gasteiger partial charge is 0.299 e. The van der Waals surface area contributed by atoms with Crippen LogP contribution < -0.4 is 5.56 Å². The van der Waals surface area contributed by atoms with Gasteiger partial charge in [-0.2, -0.15) is 14.7 Å². The van der Waals surface area contributed by atoms with Crippen molar-refractivity contribution in [1.82, 2.24) is 39.4 Å². The molecule has 0 aliphatic rings. The summed E-state index contributed by atoms with van der Waals surface area (Å²) in [4.78, 5) is 13.0. The number of benzene rings is 1. The number of fused-ring (bicyclic) bond motifs is 3. The van der Waals surface area contributed by atoms with E-state index in [4.69, 9.17) is 0 Å². The van der Waals surface area contributed by atoms with Crippen LogP contribution in [-0.2, 0) is 7.05 Å². The summed E-state index contributed by atoms with van der Waals surface area (Å²) >= 11 is 0. The Morgan fingerprint density at radius 3 is 2.47 bits per heavy atom. The average Bonchev–Trinajstić information content (AvgIpc) is 3.34. The van der Waals surface area contributed by atoms with Gasteiger partial charge >= 0.3 is 0 Å². The van der Waals surface area contributed by atoms with Gasteiger partial charge < -0.3 is 0 Å². The first-order chi connectivity index (χ1) is 14.5. The lowest BCUT2D eigenvalue weighted by atomic mass is 10.3. The molecule has 150 valence electrons. The van der Waals surface area contributed by atoms with Crippen LogP contribution in [0.3, 0.4) is 0 Å². The van der Waals surface area contributed by atoms with Crippen LogP contribution in [0, 0.1) is 20.8 Å². The maximum Gasteiger partial charge on any atom is 0.299 e. The molecule has 0 aliphatic heterocycles. The fourth-order valence-corrected chi connectivity index (χ4v) is 3.41. The van der Waals surface area contributed by atoms with E-state index >= 15 is 0 Å². The third kappa shape index (κ3) is 2.48. The smallest absolute Gasteiger partial charge is 0.283 e. The van der Waals surface area contributed by atoms with E-state index in [0.29, 0.717) is 33.9 Å². The topological polar surface area (TPSA) is 123 Å². The molecule has 5 rings (SSSR count). The lowest BCUT2D eigenvalue weighted by molar-refractivity contribution is 0.630. The molecule has 11 nitrogen and oxygen atoms in total. The molecule has 0 amide bonds. The normalized spacial score (nSPS) is 12.0. The number of para-hydroxylation sites is 1. The van der Waals surface area contributed by atoms with Crippen molar-refractivity contribution in [3.8, 4) is 5.69 Å². The molecular weight excluding hydrogens is 384 g/mol. The Balaban J connectivity index is 1.65. The van der Waals surface area contributed by atoms with Gasteiger partial charge in [-0.15, -0.1) is 20.4 Å². The second-order valence-electron chi connectivity index (χ2n) is 7.00. The zero-order valence-electron chi connectivity index (χ0n) is 16.8. The Hall–Kier alpha value is -4.15. The van der Waals surface area contributed by atoms with Crippen molar-refractivity contribution in [2.24, 2.45) is 17.3 Å². The van der Waals surface area contributed by atoms with Gasteiger partial charge in [0.1, 0.15) is 0 Å². The van der Waals surface area contributed by atoms with Crippen molar-refractivity contribution in [1.29, 1.82) is 0 Å². The predicted octanol–water partition coefficient (Wildman–Crippen LogP) is 2.83. The Kier molecular flexibility index (Phi) is 3.85. The number of aromatic amines is 1. The molecule has 0 atom stereocenters. The first-order valence-corrected chi connectivity index (χ1v) is 9.30. The Morgan fingerprint density at radius 1 is 0.967 bits per heavy atom. The van der Waals surface area contributed by atoms with Crippen molar-refractivity contribution in [3.05, 3.63) is 57.8 Å². The van der Waals surface area contributed by atoms with Gasteiger partial charge in [0.15, 0.2) is 16.9 Å². The summed E-state index contributed by atoms with van der Waals surface area (Å²) in [5.74, 6) is 0. The van der Waals surface area contributed by atoms with E-state index in [1.165, 1.54) is 0 Å². The van der Waals surface area contributed by atoms with Gasteiger partial charge in [-0.1, -0.05) is 18.2 Å². The molecule has 0 radical (unpaired) electrons. The SMILES string of the molecule is Cc1nn2c(nnc3c(C)[nH]nc32)c1N=Nc1c(C)n(C)n(-c2ccccc2)c1=O. The van der Waals surface area contributed by atoms with E-state index in [1.54, 1.807) is 20.8 Å². The van der Waals surface area contributed by atoms with E-state index in [2.05, 4.69) is 35.7 Å². The van der Waals surface area contributed by atoms with E-state index in [-0.39, 0.29) is 11.2 Å². The molecule has 30 heavy (non-hydrogen) atoms. The van der Waals surface area contributed by atoms with Gasteiger partial charge in [-0.05, 0) is 32.9 Å². The molecule has 4 heterocycles. The quantitative estimate of drug-likeness (QED) is 0.465. The maximum atomic E-state index is 13.0. The summed E-state index contributed by atoms with van der Waals surface area (Å²) in [7, 11) is 1.81. The summed E-state index contributed by atoms with van der Waals surface area (Å²) in [6.07, 6.45) is 0. The lowest BCUT2D eigenvalue weighted by Crippen LogP contribution is -2.19. The standard InChI is InChI=1S/C19H18N10O/c1-10-14-17(24-20-10)28-18(25-22-14)15(11(2)26-28)21-23-16-12(3)27(4)29(19(16)30)13-8-6-5-7-9-13/h5-9H,1-4H3,(H,20,24). The average molecular weight is 402 g/mol. The van der Waals surface area contributed by atoms with Gasteiger partial charge in [-0.3, -0.25) is 14.6 Å². The summed E-state index contributed by atoms with van der Waals surface area (Å²) in [6, 6.07) is 9.39. The molecular formula is C19H18N10O. The van der Waals surface area contributed by atoms with Crippen LogP contribution >= 0.6 is 0 Å². The molecule has 0 saturated heterocycles. The van der Waals surface area contributed by atoms with Crippen molar-refractivity contribution in [3.63, 3.8) is 0 Å². The van der Waals surface area contributed by atoms with Crippen LogP contribution in [0.4, 0.5) is 11.4 Å². The highest BCUT2D eigenvalue weighted by atomic mass is 16.1. The number of H-pyrrole nitrogens is 1. The highest BCUT2D eigenvalue weighted by molar-refractivity contribution is 5.78. The first kappa shape index (κ1) is 17.9. The van der Waals surface area contributed by atoms with Crippen LogP contribution in [0.15, 0.2) is 45.4 Å². The first-order valence-electron chi connectivity index (χ1n) is 9.30. The van der Waals surface area contributed by atoms with Crippen LogP contribution in [0.1, 0.15) is 17.1 Å². The number of azo groups is 1. The van der Waals surface area contributed by atoms with Crippen LogP contribution in [0.25, 0.3) is 22.5 Å². The lowest BCUT2D eigenvalue weighted by Gasteiger charge is -2.07. The zero-order chi connectivity index (χ0) is 21.0. The molecule has 0 spiro atoms. The van der Waals surface area contributed by atoms with E-state index in [0.717, 1.165) is 11.4 Å². The number of nitrogens with zero attached hydrogens (tertiary/aromatic N) is 9. The molecule has 11 heteroatoms. The maximum absolute atomic E-state index is 13.0. The fraction of sp³-hybridized carbons (Fsp3) is 0.211. The third-order valence-electron chi connectivity index (χ3n) is 5.12. The van der Waals surface area contributed by atoms with E-state index in [9.17, 15) is 4.79 Å². The summed E-state index contributed by atoms with van der Waals surface area (Å²) in [5, 5.41) is 28.6. The zero-order valence-corrected chi connectivity index (χ0v) is 16.8. The van der Waals surface area contributed by atoms with Gasteiger partial charge in [-0.25, -0.2) is 4.68 Å². The van der Waals surface area contributed by atoms with E-state index < -0.39 is 0 Å². The highest BCUT2D eigenvalue weighted by Crippen LogP contribution is 2.27. The molecule has 1 aromatic carbocycles. The monoisotopic (exact) mass is 402 g/mol. The van der Waals surface area contributed by atoms with Crippen LogP contribution in [-0.4, -0.2) is 39.4 Å². The second-order valence-corrected chi connectivity index (χ2v) is 7.00. The number of hydrogen-bond donors (Lipinski definition) is 1. The highest BCUT2D eigenvalue weighted by Gasteiger charge is 2.19. The van der Waals surface area contributed by atoms with Gasteiger partial charge in [0.05, 0.1) is 22.8 Å². The van der Waals surface area contributed by atoms with E-state index in [1.807, 2.05) is 51.2 Å². The van der Waals surface area contributed by atoms with Gasteiger partial charge in [0.2, 0.25) is 11.3 Å². The number of rotatable bonds is 3. The van der Waals surface area contributed by atoms with Crippen LogP contribution in [0.2, 0.25) is 0 Å². The molecule has 5 aromatic rings. The Labute approximate surface area is 169 Å². The van der Waals surface area contributed by atoms with Crippen molar-refractivity contribution in [2.45, 2.75) is 20.8 Å². The predicted molar refractivity (Wildman–Crippen MR) is 110 cm³/mol. The van der Waals surface area contributed by atoms with Gasteiger partial charge in [0.25, 0.3) is 5.56 Å². The molecule has 0 saturated carbocycles. The molecule has 0 bridgehead atoms. The minimum atomic E-state index is -0.254. The minimum absolute atomic E-state index is 0.254. The van der Waals surface area contributed by atoms with Gasteiger partial charge in [0, 0.05) is 7.05 Å². The van der Waals surface area contributed by atoms with Crippen molar-refractivity contribution >= 4 is 28.2 Å².